The Balaban J connectivity index is 1.40. The maximum absolute atomic E-state index is 14.9. The Hall–Kier alpha value is -2.02. The molecule has 2 aliphatic rings. The van der Waals surface area contributed by atoms with Gasteiger partial charge in [0.1, 0.15) is 5.82 Å². The van der Waals surface area contributed by atoms with Crippen LogP contribution in [0.15, 0.2) is 12.1 Å². The molecule has 0 spiro atoms. The Morgan fingerprint density at radius 1 is 1.26 bits per heavy atom. The molecule has 3 heterocycles. The number of carbonyl (C=O) groups is 2. The van der Waals surface area contributed by atoms with Crippen molar-refractivity contribution in [3.63, 3.8) is 0 Å². The Morgan fingerprint density at radius 2 is 2.04 bits per heavy atom. The number of Topliss-reactive ketones (excluding diaryl/α,β-unsaturated/α-hetero) is 1. The van der Waals surface area contributed by atoms with Crippen LogP contribution in [0.3, 0.4) is 0 Å². The van der Waals surface area contributed by atoms with Gasteiger partial charge in [0.2, 0.25) is 0 Å². The molecule has 2 aliphatic heterocycles. The molecule has 2 N–H and O–H groups in total. The summed E-state index contributed by atoms with van der Waals surface area (Å²) < 4.78 is 14.9. The maximum atomic E-state index is 14.9. The summed E-state index contributed by atoms with van der Waals surface area (Å²) in [4.78, 5) is 29.4. The van der Waals surface area contributed by atoms with E-state index in [1.54, 1.807) is 4.90 Å². The molecule has 3 rings (SSSR count). The van der Waals surface area contributed by atoms with Gasteiger partial charge in [-0.3, -0.25) is 14.5 Å². The van der Waals surface area contributed by atoms with E-state index < -0.39 is 11.6 Å². The third-order valence-electron chi connectivity index (χ3n) is 5.55. The number of carboxylic acids is 1. The number of aliphatic carboxylic acids is 1. The molecule has 27 heavy (non-hydrogen) atoms. The van der Waals surface area contributed by atoms with Crippen molar-refractivity contribution < 1.29 is 19.1 Å². The van der Waals surface area contributed by atoms with Gasteiger partial charge < -0.3 is 10.4 Å². The minimum Gasteiger partial charge on any atom is -0.480 e. The molecular formula is C20H28FN3O3. The van der Waals surface area contributed by atoms with E-state index in [0.29, 0.717) is 19.5 Å². The van der Waals surface area contributed by atoms with Gasteiger partial charge >= 0.3 is 5.97 Å². The van der Waals surface area contributed by atoms with E-state index in [0.717, 1.165) is 43.7 Å². The zero-order valence-corrected chi connectivity index (χ0v) is 15.7. The Morgan fingerprint density at radius 3 is 2.78 bits per heavy atom. The van der Waals surface area contributed by atoms with E-state index in [4.69, 9.17) is 5.11 Å². The van der Waals surface area contributed by atoms with Gasteiger partial charge in [0, 0.05) is 44.6 Å². The SMILES string of the molecule is O=C(O)CN1CCC(F)(C(=O)CCCCc2ccc3c(n2)NCCC3)CC1. The lowest BCUT2D eigenvalue weighted by molar-refractivity contribution is -0.140. The number of carbonyl (C=O) groups excluding carboxylic acids is 1. The van der Waals surface area contributed by atoms with Crippen LogP contribution in [0, 0.1) is 0 Å². The largest absolute Gasteiger partial charge is 0.480 e. The smallest absolute Gasteiger partial charge is 0.317 e. The topological polar surface area (TPSA) is 82.5 Å². The monoisotopic (exact) mass is 377 g/mol. The first-order valence-electron chi connectivity index (χ1n) is 9.85. The van der Waals surface area contributed by atoms with Gasteiger partial charge in [-0.05, 0) is 43.7 Å². The number of unbranched alkanes of at least 4 members (excludes halogenated alkanes) is 1. The molecule has 7 heteroatoms. The molecule has 148 valence electrons. The summed E-state index contributed by atoms with van der Waals surface area (Å²) in [6, 6.07) is 4.17. The van der Waals surface area contributed by atoms with Crippen molar-refractivity contribution in [1.82, 2.24) is 9.88 Å². The van der Waals surface area contributed by atoms with Gasteiger partial charge in [0.05, 0.1) is 6.54 Å². The van der Waals surface area contributed by atoms with E-state index >= 15 is 0 Å². The van der Waals surface area contributed by atoms with Crippen molar-refractivity contribution in [2.45, 2.75) is 57.0 Å². The molecule has 1 fully saturated rings. The number of nitrogens with zero attached hydrogens (tertiary/aromatic N) is 2. The number of anilines is 1. The second kappa shape index (κ2) is 8.78. The molecular weight excluding hydrogens is 349 g/mol. The summed E-state index contributed by atoms with van der Waals surface area (Å²) in [6.07, 6.45) is 4.86. The lowest BCUT2D eigenvalue weighted by Crippen LogP contribution is -2.47. The first kappa shape index (κ1) is 19.7. The number of likely N-dealkylation sites (tertiary alicyclic amines) is 1. The molecule has 1 saturated heterocycles. The number of alkyl halides is 1. The van der Waals surface area contributed by atoms with Gasteiger partial charge in [-0.25, -0.2) is 9.37 Å². The maximum Gasteiger partial charge on any atom is 0.317 e. The summed E-state index contributed by atoms with van der Waals surface area (Å²) in [6.45, 7) is 1.51. The summed E-state index contributed by atoms with van der Waals surface area (Å²) >= 11 is 0. The van der Waals surface area contributed by atoms with Crippen molar-refractivity contribution in [2.24, 2.45) is 0 Å². The number of hydrogen-bond acceptors (Lipinski definition) is 5. The van der Waals surface area contributed by atoms with E-state index in [2.05, 4.69) is 16.4 Å². The zero-order valence-electron chi connectivity index (χ0n) is 15.7. The Labute approximate surface area is 159 Å². The van der Waals surface area contributed by atoms with Crippen LogP contribution in [0.1, 0.15) is 49.8 Å². The molecule has 1 aromatic heterocycles. The van der Waals surface area contributed by atoms with Crippen LogP contribution in [0.2, 0.25) is 0 Å². The van der Waals surface area contributed by atoms with Crippen LogP contribution in [0.25, 0.3) is 0 Å². The predicted molar refractivity (Wildman–Crippen MR) is 101 cm³/mol. The first-order valence-corrected chi connectivity index (χ1v) is 9.85. The minimum absolute atomic E-state index is 0.0904. The van der Waals surface area contributed by atoms with Crippen molar-refractivity contribution in [1.29, 1.82) is 0 Å². The first-order chi connectivity index (χ1) is 13.0. The van der Waals surface area contributed by atoms with Crippen molar-refractivity contribution in [3.05, 3.63) is 23.4 Å². The zero-order chi connectivity index (χ0) is 19.3. The highest BCUT2D eigenvalue weighted by Crippen LogP contribution is 2.29. The number of ketones is 1. The average molecular weight is 377 g/mol. The molecule has 0 radical (unpaired) electrons. The quantitative estimate of drug-likeness (QED) is 0.678. The van der Waals surface area contributed by atoms with Gasteiger partial charge in [-0.2, -0.15) is 0 Å². The molecule has 0 saturated carbocycles. The summed E-state index contributed by atoms with van der Waals surface area (Å²) in [5.41, 5.74) is 0.476. The molecule has 0 unspecified atom stereocenters. The third-order valence-corrected chi connectivity index (χ3v) is 5.55. The normalized spacial score (nSPS) is 19.1. The summed E-state index contributed by atoms with van der Waals surface area (Å²) in [5, 5.41) is 12.1. The van der Waals surface area contributed by atoms with E-state index in [1.165, 1.54) is 5.56 Å². The number of aromatic nitrogens is 1. The van der Waals surface area contributed by atoms with E-state index in [-0.39, 0.29) is 31.6 Å². The number of carboxylic acid groups (broad SMARTS) is 1. The lowest BCUT2D eigenvalue weighted by Gasteiger charge is -2.34. The highest BCUT2D eigenvalue weighted by atomic mass is 19.1. The van der Waals surface area contributed by atoms with Crippen molar-refractivity contribution >= 4 is 17.6 Å². The molecule has 0 atom stereocenters. The number of fused-ring (bicyclic) bond motifs is 1. The van der Waals surface area contributed by atoms with Crippen LogP contribution in [-0.4, -0.2) is 58.6 Å². The van der Waals surface area contributed by atoms with Gasteiger partial charge in [-0.1, -0.05) is 6.07 Å². The van der Waals surface area contributed by atoms with Crippen LogP contribution < -0.4 is 5.32 Å². The second-order valence-electron chi connectivity index (χ2n) is 7.61. The fourth-order valence-electron chi connectivity index (χ4n) is 3.86. The molecule has 0 amide bonds. The number of halogens is 1. The highest BCUT2D eigenvalue weighted by molar-refractivity contribution is 5.87. The molecule has 6 nitrogen and oxygen atoms in total. The van der Waals surface area contributed by atoms with Gasteiger partial charge in [-0.15, -0.1) is 0 Å². The number of pyridine rings is 1. The molecule has 0 aliphatic carbocycles. The number of rotatable bonds is 8. The fourth-order valence-corrected chi connectivity index (χ4v) is 3.86. The fraction of sp³-hybridized carbons (Fsp3) is 0.650. The highest BCUT2D eigenvalue weighted by Gasteiger charge is 2.40. The molecule has 0 bridgehead atoms. The predicted octanol–water partition coefficient (Wildman–Crippen LogP) is 2.61. The Kier molecular flexibility index (Phi) is 6.42. The molecule has 0 aromatic carbocycles. The number of hydrogen-bond donors (Lipinski definition) is 2. The van der Waals surface area contributed by atoms with Crippen LogP contribution in [0.4, 0.5) is 10.2 Å². The van der Waals surface area contributed by atoms with Gasteiger partial charge in [0.25, 0.3) is 0 Å². The number of piperidine rings is 1. The van der Waals surface area contributed by atoms with Crippen molar-refractivity contribution in [3.8, 4) is 0 Å². The minimum atomic E-state index is -1.79. The Bertz CT molecular complexity index is 687. The summed E-state index contributed by atoms with van der Waals surface area (Å²) in [5.74, 6) is -0.276. The van der Waals surface area contributed by atoms with Crippen LogP contribution in [0.5, 0.6) is 0 Å². The van der Waals surface area contributed by atoms with Crippen LogP contribution >= 0.6 is 0 Å². The number of nitrogens with one attached hydrogen (secondary N) is 1. The average Bonchev–Trinajstić information content (AvgIpc) is 2.66. The second-order valence-corrected chi connectivity index (χ2v) is 7.61. The summed E-state index contributed by atoms with van der Waals surface area (Å²) in [7, 11) is 0. The van der Waals surface area contributed by atoms with E-state index in [1.807, 2.05) is 6.07 Å². The molecule has 1 aromatic rings. The van der Waals surface area contributed by atoms with Gasteiger partial charge in [0.15, 0.2) is 11.5 Å². The third kappa shape index (κ3) is 5.25. The van der Waals surface area contributed by atoms with Crippen LogP contribution in [-0.2, 0) is 22.4 Å². The standard InChI is InChI=1S/C20H28FN3O3/c21-20(9-12-24(13-10-20)14-18(26)27)17(25)6-2-1-5-16-8-7-15-4-3-11-22-19(15)23-16/h7-8H,1-6,9-14H2,(H,22,23)(H,26,27). The number of aryl methyl sites for hydroxylation is 2. The van der Waals surface area contributed by atoms with Crippen molar-refractivity contribution in [2.75, 3.05) is 31.5 Å². The lowest BCUT2D eigenvalue weighted by atomic mass is 9.86. The van der Waals surface area contributed by atoms with E-state index in [9.17, 15) is 14.0 Å².